The van der Waals surface area contributed by atoms with E-state index in [1.165, 1.54) is 6.07 Å². The third kappa shape index (κ3) is 4.12. The van der Waals surface area contributed by atoms with E-state index >= 15 is 0 Å². The molecule has 0 bridgehead atoms. The number of carbonyl (C=O) groups is 1. The van der Waals surface area contributed by atoms with Crippen LogP contribution in [0, 0.1) is 5.82 Å². The number of halogens is 1. The molecular formula is C18H26FN3O2. The molecule has 1 aromatic rings. The molecule has 0 spiro atoms. The van der Waals surface area contributed by atoms with Crippen LogP contribution < -0.4 is 5.32 Å². The van der Waals surface area contributed by atoms with E-state index in [2.05, 4.69) is 10.2 Å². The molecule has 1 amide bonds. The van der Waals surface area contributed by atoms with Crippen LogP contribution >= 0.6 is 0 Å². The fourth-order valence-electron chi connectivity index (χ4n) is 3.63. The van der Waals surface area contributed by atoms with Gasteiger partial charge in [0.2, 0.25) is 5.91 Å². The van der Waals surface area contributed by atoms with Crippen LogP contribution in [-0.2, 0) is 9.53 Å². The van der Waals surface area contributed by atoms with Gasteiger partial charge in [-0.2, -0.15) is 0 Å². The Hall–Kier alpha value is -1.50. The predicted molar refractivity (Wildman–Crippen MR) is 90.2 cm³/mol. The molecule has 0 aliphatic carbocycles. The Morgan fingerprint density at radius 3 is 2.79 bits per heavy atom. The Bertz CT molecular complexity index is 573. The summed E-state index contributed by atoms with van der Waals surface area (Å²) in [6, 6.07) is 6.69. The molecule has 3 atom stereocenters. The number of carbonyl (C=O) groups excluding carboxylic acids is 1. The van der Waals surface area contributed by atoms with Gasteiger partial charge in [-0.1, -0.05) is 12.1 Å². The standard InChI is InChI=1S/C18H26FN3O2/c1-13-10-22(11-14(2)24-13)18(23)12-21-7-6-20-9-17(21)15-4-3-5-16(19)8-15/h3-5,8,13-14,17,20H,6-7,9-12H2,1-2H3. The Morgan fingerprint density at radius 2 is 2.08 bits per heavy atom. The average molecular weight is 335 g/mol. The second-order valence-electron chi connectivity index (χ2n) is 6.80. The van der Waals surface area contributed by atoms with Crippen LogP contribution in [0.25, 0.3) is 0 Å². The van der Waals surface area contributed by atoms with Crippen LogP contribution in [0.4, 0.5) is 4.39 Å². The van der Waals surface area contributed by atoms with Crippen LogP contribution in [0.3, 0.4) is 0 Å². The molecule has 0 aromatic heterocycles. The number of rotatable bonds is 3. The van der Waals surface area contributed by atoms with Crippen molar-refractivity contribution in [1.82, 2.24) is 15.1 Å². The highest BCUT2D eigenvalue weighted by Gasteiger charge is 2.30. The molecule has 3 rings (SSSR count). The Kier molecular flexibility index (Phi) is 5.48. The van der Waals surface area contributed by atoms with E-state index in [1.54, 1.807) is 12.1 Å². The Balaban J connectivity index is 1.68. The zero-order chi connectivity index (χ0) is 17.1. The summed E-state index contributed by atoms with van der Waals surface area (Å²) in [5.74, 6) is -0.111. The maximum Gasteiger partial charge on any atom is 0.236 e. The summed E-state index contributed by atoms with van der Waals surface area (Å²) in [6.07, 6.45) is 0.138. The van der Waals surface area contributed by atoms with Gasteiger partial charge in [0.15, 0.2) is 0 Å². The summed E-state index contributed by atoms with van der Waals surface area (Å²) in [4.78, 5) is 16.8. The van der Waals surface area contributed by atoms with Crippen LogP contribution in [-0.4, -0.2) is 67.2 Å². The first-order chi connectivity index (χ1) is 11.5. The Morgan fingerprint density at radius 1 is 1.33 bits per heavy atom. The minimum atomic E-state index is -0.236. The quantitative estimate of drug-likeness (QED) is 0.907. The van der Waals surface area contributed by atoms with Gasteiger partial charge >= 0.3 is 0 Å². The number of nitrogens with one attached hydrogen (secondary N) is 1. The number of nitrogens with zero attached hydrogens (tertiary/aromatic N) is 2. The first-order valence-electron chi connectivity index (χ1n) is 8.66. The molecule has 2 fully saturated rings. The maximum absolute atomic E-state index is 13.6. The summed E-state index contributed by atoms with van der Waals surface area (Å²) in [6.45, 7) is 7.98. The molecular weight excluding hydrogens is 309 g/mol. The molecule has 0 saturated carbocycles. The minimum Gasteiger partial charge on any atom is -0.372 e. The van der Waals surface area contributed by atoms with Gasteiger partial charge in [-0.05, 0) is 31.5 Å². The number of benzene rings is 1. The molecule has 1 aromatic carbocycles. The van der Waals surface area contributed by atoms with Crippen molar-refractivity contribution >= 4 is 5.91 Å². The molecule has 5 nitrogen and oxygen atoms in total. The molecule has 2 saturated heterocycles. The highest BCUT2D eigenvalue weighted by atomic mass is 19.1. The highest BCUT2D eigenvalue weighted by Crippen LogP contribution is 2.23. The van der Waals surface area contributed by atoms with Crippen molar-refractivity contribution < 1.29 is 13.9 Å². The lowest BCUT2D eigenvalue weighted by Gasteiger charge is -2.39. The predicted octanol–water partition coefficient (Wildman–Crippen LogP) is 1.41. The van der Waals surface area contributed by atoms with Gasteiger partial charge in [-0.25, -0.2) is 4.39 Å². The van der Waals surface area contributed by atoms with Gasteiger partial charge < -0.3 is 15.0 Å². The molecule has 2 heterocycles. The van der Waals surface area contributed by atoms with Gasteiger partial charge in [-0.3, -0.25) is 9.69 Å². The molecule has 1 N–H and O–H groups in total. The Labute approximate surface area is 142 Å². The third-order valence-corrected chi connectivity index (χ3v) is 4.70. The zero-order valence-electron chi connectivity index (χ0n) is 14.4. The smallest absolute Gasteiger partial charge is 0.236 e. The zero-order valence-corrected chi connectivity index (χ0v) is 14.4. The monoisotopic (exact) mass is 335 g/mol. The average Bonchev–Trinajstić information content (AvgIpc) is 2.54. The molecule has 24 heavy (non-hydrogen) atoms. The highest BCUT2D eigenvalue weighted by molar-refractivity contribution is 5.78. The number of morpholine rings is 1. The van der Waals surface area contributed by atoms with Crippen molar-refractivity contribution in [3.05, 3.63) is 35.6 Å². The van der Waals surface area contributed by atoms with Gasteiger partial charge in [0.05, 0.1) is 18.8 Å². The van der Waals surface area contributed by atoms with E-state index in [0.29, 0.717) is 19.6 Å². The van der Waals surface area contributed by atoms with Crippen molar-refractivity contribution in [1.29, 1.82) is 0 Å². The van der Waals surface area contributed by atoms with E-state index < -0.39 is 0 Å². The van der Waals surface area contributed by atoms with Crippen LogP contribution in [0.15, 0.2) is 24.3 Å². The summed E-state index contributed by atoms with van der Waals surface area (Å²) in [5, 5.41) is 3.34. The normalized spacial score (nSPS) is 28.8. The molecule has 0 radical (unpaired) electrons. The summed E-state index contributed by atoms with van der Waals surface area (Å²) < 4.78 is 19.3. The molecule has 3 unspecified atom stereocenters. The van der Waals surface area contributed by atoms with E-state index in [9.17, 15) is 9.18 Å². The minimum absolute atomic E-state index is 0.0225. The number of hydrogen-bond acceptors (Lipinski definition) is 4. The lowest BCUT2D eigenvalue weighted by atomic mass is 10.0. The summed E-state index contributed by atoms with van der Waals surface area (Å²) in [7, 11) is 0. The second-order valence-corrected chi connectivity index (χ2v) is 6.80. The lowest BCUT2D eigenvalue weighted by Crippen LogP contribution is -2.54. The van der Waals surface area contributed by atoms with Crippen molar-refractivity contribution in [2.75, 3.05) is 39.3 Å². The number of ether oxygens (including phenoxy) is 1. The number of piperazine rings is 1. The molecule has 6 heteroatoms. The molecule has 132 valence electrons. The fraction of sp³-hybridized carbons (Fsp3) is 0.611. The van der Waals surface area contributed by atoms with Crippen molar-refractivity contribution in [3.63, 3.8) is 0 Å². The van der Waals surface area contributed by atoms with Crippen LogP contribution in [0.1, 0.15) is 25.5 Å². The van der Waals surface area contributed by atoms with E-state index in [0.717, 1.165) is 25.2 Å². The molecule has 2 aliphatic heterocycles. The second kappa shape index (κ2) is 7.59. The van der Waals surface area contributed by atoms with E-state index in [1.807, 2.05) is 24.8 Å². The molecule has 2 aliphatic rings. The topological polar surface area (TPSA) is 44.8 Å². The van der Waals surface area contributed by atoms with Crippen molar-refractivity contribution in [2.45, 2.75) is 32.1 Å². The van der Waals surface area contributed by atoms with Gasteiger partial charge in [0.25, 0.3) is 0 Å². The van der Waals surface area contributed by atoms with Gasteiger partial charge in [0.1, 0.15) is 5.82 Å². The number of hydrogen-bond donors (Lipinski definition) is 1. The summed E-state index contributed by atoms with van der Waals surface area (Å²) >= 11 is 0. The van der Waals surface area contributed by atoms with Gasteiger partial charge in [0, 0.05) is 38.8 Å². The SMILES string of the molecule is CC1CN(C(=O)CN2CCNCC2c2cccc(F)c2)CC(C)O1. The summed E-state index contributed by atoms with van der Waals surface area (Å²) in [5.41, 5.74) is 0.915. The largest absolute Gasteiger partial charge is 0.372 e. The van der Waals surface area contributed by atoms with Gasteiger partial charge in [-0.15, -0.1) is 0 Å². The van der Waals surface area contributed by atoms with Crippen LogP contribution in [0.2, 0.25) is 0 Å². The van der Waals surface area contributed by atoms with E-state index in [4.69, 9.17) is 4.74 Å². The third-order valence-electron chi connectivity index (χ3n) is 4.70. The van der Waals surface area contributed by atoms with E-state index in [-0.39, 0.29) is 30.0 Å². The first kappa shape index (κ1) is 17.3. The van der Waals surface area contributed by atoms with Crippen molar-refractivity contribution in [3.8, 4) is 0 Å². The maximum atomic E-state index is 13.6. The van der Waals surface area contributed by atoms with Crippen molar-refractivity contribution in [2.24, 2.45) is 0 Å². The fourth-order valence-corrected chi connectivity index (χ4v) is 3.63. The first-order valence-corrected chi connectivity index (χ1v) is 8.66. The van der Waals surface area contributed by atoms with Crippen LogP contribution in [0.5, 0.6) is 0 Å². The lowest BCUT2D eigenvalue weighted by molar-refractivity contribution is -0.145. The number of amides is 1.